The van der Waals surface area contributed by atoms with E-state index in [-0.39, 0.29) is 5.91 Å². The fourth-order valence-electron chi connectivity index (χ4n) is 2.26. The van der Waals surface area contributed by atoms with Gasteiger partial charge in [0.05, 0.1) is 13.2 Å². The lowest BCUT2D eigenvalue weighted by Crippen LogP contribution is -2.26. The van der Waals surface area contributed by atoms with Crippen LogP contribution in [0.5, 0.6) is 11.5 Å². The Hall–Kier alpha value is -2.56. The SMILES string of the molecule is CCCOc1ccc(C(=O)NCCc2ccccn2)cc1OCCC. The summed E-state index contributed by atoms with van der Waals surface area (Å²) in [6.45, 7) is 5.84. The van der Waals surface area contributed by atoms with Gasteiger partial charge in [-0.3, -0.25) is 9.78 Å². The maximum atomic E-state index is 12.4. The van der Waals surface area contributed by atoms with Gasteiger partial charge in [-0.1, -0.05) is 19.9 Å². The number of rotatable bonds is 10. The minimum atomic E-state index is -0.126. The fourth-order valence-corrected chi connectivity index (χ4v) is 2.26. The molecule has 0 unspecified atom stereocenters. The Morgan fingerprint density at radius 2 is 1.80 bits per heavy atom. The number of aromatic nitrogens is 1. The summed E-state index contributed by atoms with van der Waals surface area (Å²) in [5, 5.41) is 2.92. The molecule has 5 nitrogen and oxygen atoms in total. The molecule has 0 fully saturated rings. The molecule has 2 rings (SSSR count). The third kappa shape index (κ3) is 6.10. The van der Waals surface area contributed by atoms with E-state index in [4.69, 9.17) is 9.47 Å². The highest BCUT2D eigenvalue weighted by molar-refractivity contribution is 5.94. The van der Waals surface area contributed by atoms with Gasteiger partial charge in [-0.2, -0.15) is 0 Å². The standard InChI is InChI=1S/C20H26N2O3/c1-3-13-24-18-9-8-16(15-19(18)25-14-4-2)20(23)22-12-10-17-7-5-6-11-21-17/h5-9,11,15H,3-4,10,12-14H2,1-2H3,(H,22,23). The molecule has 5 heteroatoms. The van der Waals surface area contributed by atoms with Gasteiger partial charge in [0.1, 0.15) is 0 Å². The Morgan fingerprint density at radius 3 is 2.48 bits per heavy atom. The molecule has 0 aliphatic carbocycles. The number of hydrogen-bond donors (Lipinski definition) is 1. The number of hydrogen-bond acceptors (Lipinski definition) is 4. The fraction of sp³-hybridized carbons (Fsp3) is 0.400. The average Bonchev–Trinajstić information content (AvgIpc) is 2.65. The number of nitrogens with one attached hydrogen (secondary N) is 1. The molecule has 1 N–H and O–H groups in total. The van der Waals surface area contributed by atoms with Crippen LogP contribution in [0.25, 0.3) is 0 Å². The molecule has 0 radical (unpaired) electrons. The van der Waals surface area contributed by atoms with Crippen LogP contribution in [0.2, 0.25) is 0 Å². The van der Waals surface area contributed by atoms with Crippen LogP contribution in [0, 0.1) is 0 Å². The molecule has 1 amide bonds. The van der Waals surface area contributed by atoms with Gasteiger partial charge >= 0.3 is 0 Å². The van der Waals surface area contributed by atoms with E-state index in [9.17, 15) is 4.79 Å². The monoisotopic (exact) mass is 342 g/mol. The predicted molar refractivity (Wildman–Crippen MR) is 98.3 cm³/mol. The van der Waals surface area contributed by atoms with Crippen LogP contribution >= 0.6 is 0 Å². The van der Waals surface area contributed by atoms with Crippen molar-refractivity contribution in [2.45, 2.75) is 33.1 Å². The first kappa shape index (κ1) is 18.8. The van der Waals surface area contributed by atoms with Crippen molar-refractivity contribution in [1.82, 2.24) is 10.3 Å². The molecule has 2 aromatic rings. The van der Waals surface area contributed by atoms with Crippen molar-refractivity contribution in [2.24, 2.45) is 0 Å². The summed E-state index contributed by atoms with van der Waals surface area (Å²) in [5.41, 5.74) is 1.52. The molecule has 0 aliphatic heterocycles. The van der Waals surface area contributed by atoms with Crippen LogP contribution in [-0.2, 0) is 6.42 Å². The maximum Gasteiger partial charge on any atom is 0.251 e. The van der Waals surface area contributed by atoms with E-state index in [0.29, 0.717) is 43.2 Å². The van der Waals surface area contributed by atoms with E-state index in [1.165, 1.54) is 0 Å². The summed E-state index contributed by atoms with van der Waals surface area (Å²) in [4.78, 5) is 16.6. The van der Waals surface area contributed by atoms with Gasteiger partial charge in [0.25, 0.3) is 5.91 Å². The lowest BCUT2D eigenvalue weighted by molar-refractivity contribution is 0.0953. The highest BCUT2D eigenvalue weighted by atomic mass is 16.5. The lowest BCUT2D eigenvalue weighted by Gasteiger charge is -2.13. The molecule has 0 saturated carbocycles. The van der Waals surface area contributed by atoms with Crippen molar-refractivity contribution >= 4 is 5.91 Å². The van der Waals surface area contributed by atoms with Gasteiger partial charge in [-0.15, -0.1) is 0 Å². The minimum Gasteiger partial charge on any atom is -0.490 e. The van der Waals surface area contributed by atoms with Crippen molar-refractivity contribution in [3.05, 3.63) is 53.9 Å². The number of carbonyl (C=O) groups excluding carboxylic acids is 1. The van der Waals surface area contributed by atoms with Crippen LogP contribution in [0.1, 0.15) is 42.7 Å². The molecule has 0 bridgehead atoms. The summed E-state index contributed by atoms with van der Waals surface area (Å²) < 4.78 is 11.4. The normalized spacial score (nSPS) is 10.3. The first-order valence-corrected chi connectivity index (χ1v) is 8.82. The Morgan fingerprint density at radius 1 is 1.04 bits per heavy atom. The Bertz CT molecular complexity index is 659. The van der Waals surface area contributed by atoms with Crippen molar-refractivity contribution in [2.75, 3.05) is 19.8 Å². The molecular weight excluding hydrogens is 316 g/mol. The third-order valence-corrected chi connectivity index (χ3v) is 3.52. The van der Waals surface area contributed by atoms with Crippen molar-refractivity contribution in [1.29, 1.82) is 0 Å². The van der Waals surface area contributed by atoms with E-state index in [0.717, 1.165) is 18.5 Å². The van der Waals surface area contributed by atoms with Crippen molar-refractivity contribution in [3.8, 4) is 11.5 Å². The molecule has 25 heavy (non-hydrogen) atoms. The highest BCUT2D eigenvalue weighted by Crippen LogP contribution is 2.28. The van der Waals surface area contributed by atoms with Crippen LogP contribution in [0.4, 0.5) is 0 Å². The number of carbonyl (C=O) groups is 1. The van der Waals surface area contributed by atoms with E-state index >= 15 is 0 Å². The van der Waals surface area contributed by atoms with E-state index < -0.39 is 0 Å². The molecule has 1 aromatic carbocycles. The Balaban J connectivity index is 1.97. The van der Waals surface area contributed by atoms with E-state index in [2.05, 4.69) is 17.2 Å². The zero-order valence-electron chi connectivity index (χ0n) is 15.0. The third-order valence-electron chi connectivity index (χ3n) is 3.52. The molecular formula is C20H26N2O3. The van der Waals surface area contributed by atoms with Gasteiger partial charge in [-0.25, -0.2) is 0 Å². The highest BCUT2D eigenvalue weighted by Gasteiger charge is 2.11. The molecule has 1 heterocycles. The number of nitrogens with zero attached hydrogens (tertiary/aromatic N) is 1. The molecule has 0 saturated heterocycles. The van der Waals surface area contributed by atoms with Crippen molar-refractivity contribution < 1.29 is 14.3 Å². The van der Waals surface area contributed by atoms with E-state index in [1.807, 2.05) is 25.1 Å². The molecule has 134 valence electrons. The van der Waals surface area contributed by atoms with E-state index in [1.54, 1.807) is 24.4 Å². The van der Waals surface area contributed by atoms with Gasteiger partial charge in [-0.05, 0) is 43.2 Å². The second kappa shape index (κ2) is 10.3. The van der Waals surface area contributed by atoms with Crippen LogP contribution in [-0.4, -0.2) is 30.6 Å². The smallest absolute Gasteiger partial charge is 0.251 e. The van der Waals surface area contributed by atoms with Crippen LogP contribution < -0.4 is 14.8 Å². The van der Waals surface area contributed by atoms with Crippen LogP contribution in [0.3, 0.4) is 0 Å². The zero-order chi connectivity index (χ0) is 17.9. The quantitative estimate of drug-likeness (QED) is 0.716. The second-order valence-corrected chi connectivity index (χ2v) is 5.69. The summed E-state index contributed by atoms with van der Waals surface area (Å²) in [6, 6.07) is 11.1. The largest absolute Gasteiger partial charge is 0.490 e. The summed E-state index contributed by atoms with van der Waals surface area (Å²) in [5.74, 6) is 1.17. The van der Waals surface area contributed by atoms with Gasteiger partial charge in [0, 0.05) is 30.4 Å². The lowest BCUT2D eigenvalue weighted by atomic mass is 10.2. The maximum absolute atomic E-state index is 12.4. The number of pyridine rings is 1. The number of benzene rings is 1. The predicted octanol–water partition coefficient (Wildman–Crippen LogP) is 3.63. The van der Waals surface area contributed by atoms with Gasteiger partial charge < -0.3 is 14.8 Å². The molecule has 0 spiro atoms. The first-order valence-electron chi connectivity index (χ1n) is 8.82. The Kier molecular flexibility index (Phi) is 7.76. The average molecular weight is 342 g/mol. The summed E-state index contributed by atoms with van der Waals surface area (Å²) >= 11 is 0. The topological polar surface area (TPSA) is 60.5 Å². The first-order chi connectivity index (χ1) is 12.2. The summed E-state index contributed by atoms with van der Waals surface area (Å²) in [7, 11) is 0. The zero-order valence-corrected chi connectivity index (χ0v) is 15.0. The molecule has 0 atom stereocenters. The summed E-state index contributed by atoms with van der Waals surface area (Å²) in [6.07, 6.45) is 4.27. The number of ether oxygens (including phenoxy) is 2. The molecule has 1 aromatic heterocycles. The van der Waals surface area contributed by atoms with Crippen molar-refractivity contribution in [3.63, 3.8) is 0 Å². The minimum absolute atomic E-state index is 0.126. The molecule has 0 aliphatic rings. The van der Waals surface area contributed by atoms with Gasteiger partial charge in [0.15, 0.2) is 11.5 Å². The van der Waals surface area contributed by atoms with Crippen LogP contribution in [0.15, 0.2) is 42.6 Å². The number of amides is 1. The Labute approximate surface area is 149 Å². The van der Waals surface area contributed by atoms with Gasteiger partial charge in [0.2, 0.25) is 0 Å². The second-order valence-electron chi connectivity index (χ2n) is 5.69.